The van der Waals surface area contributed by atoms with E-state index in [2.05, 4.69) is 4.90 Å². The van der Waals surface area contributed by atoms with Crippen LogP contribution in [0.1, 0.15) is 49.2 Å². The number of nitriles is 1. The van der Waals surface area contributed by atoms with Gasteiger partial charge in [-0.05, 0) is 51.3 Å². The number of hydrogen-bond donors (Lipinski definition) is 1. The fourth-order valence-corrected chi connectivity index (χ4v) is 4.86. The second-order valence-corrected chi connectivity index (χ2v) is 10.0. The molecule has 0 radical (unpaired) electrons. The van der Waals surface area contributed by atoms with Crippen LogP contribution in [0.25, 0.3) is 5.69 Å². The van der Waals surface area contributed by atoms with Gasteiger partial charge in [0.2, 0.25) is 0 Å². The number of esters is 1. The Hall–Kier alpha value is -2.99. The van der Waals surface area contributed by atoms with E-state index in [1.54, 1.807) is 32.0 Å². The van der Waals surface area contributed by atoms with E-state index in [9.17, 15) is 18.5 Å². The van der Waals surface area contributed by atoms with Gasteiger partial charge < -0.3 is 19.9 Å². The normalized spacial score (nSPS) is 14.6. The summed E-state index contributed by atoms with van der Waals surface area (Å²) in [6.07, 6.45) is 4.67. The zero-order valence-corrected chi connectivity index (χ0v) is 18.2. The molecule has 1 fully saturated rings. The molecule has 3 rings (SSSR count). The first-order chi connectivity index (χ1) is 14.2. The van der Waals surface area contributed by atoms with E-state index in [1.807, 2.05) is 6.07 Å². The highest BCUT2D eigenvalue weighted by molar-refractivity contribution is 7.92. The molecule has 0 bridgehead atoms. The number of sulfone groups is 1. The molecule has 1 aliphatic heterocycles. The topological polar surface area (TPSA) is 118 Å². The van der Waals surface area contributed by atoms with Crippen molar-refractivity contribution in [1.29, 1.82) is 5.26 Å². The SMILES string of the molecule is COC(=O)c1c(N)c(C#N)cn1-c1cc(N2CCCCC2)ccc1S(=O)(=O)C(C)C. The highest BCUT2D eigenvalue weighted by Crippen LogP contribution is 2.33. The van der Waals surface area contributed by atoms with Crippen LogP contribution in [0.3, 0.4) is 0 Å². The number of benzene rings is 1. The number of nitrogens with zero attached hydrogens (tertiary/aromatic N) is 3. The number of nitrogens with two attached hydrogens (primary N) is 1. The number of ether oxygens (including phenoxy) is 1. The van der Waals surface area contributed by atoms with Crippen LogP contribution >= 0.6 is 0 Å². The van der Waals surface area contributed by atoms with Crippen molar-refractivity contribution in [3.8, 4) is 11.8 Å². The molecule has 0 saturated carbocycles. The molecule has 1 aromatic heterocycles. The lowest BCUT2D eigenvalue weighted by atomic mass is 10.1. The number of piperidine rings is 1. The number of methoxy groups -OCH3 is 1. The zero-order valence-electron chi connectivity index (χ0n) is 17.4. The van der Waals surface area contributed by atoms with Crippen LogP contribution < -0.4 is 10.6 Å². The van der Waals surface area contributed by atoms with Crippen molar-refractivity contribution in [3.63, 3.8) is 0 Å². The predicted molar refractivity (Wildman–Crippen MR) is 115 cm³/mol. The second kappa shape index (κ2) is 8.40. The smallest absolute Gasteiger partial charge is 0.357 e. The minimum atomic E-state index is -3.68. The monoisotopic (exact) mass is 430 g/mol. The van der Waals surface area contributed by atoms with Crippen molar-refractivity contribution < 1.29 is 17.9 Å². The highest BCUT2D eigenvalue weighted by atomic mass is 32.2. The summed E-state index contributed by atoms with van der Waals surface area (Å²) < 4.78 is 32.4. The van der Waals surface area contributed by atoms with E-state index in [0.717, 1.165) is 38.0 Å². The maximum Gasteiger partial charge on any atom is 0.357 e. The summed E-state index contributed by atoms with van der Waals surface area (Å²) in [5, 5.41) is 8.75. The summed E-state index contributed by atoms with van der Waals surface area (Å²) in [6, 6.07) is 7.05. The van der Waals surface area contributed by atoms with Gasteiger partial charge in [-0.15, -0.1) is 0 Å². The Morgan fingerprint density at radius 1 is 1.23 bits per heavy atom. The van der Waals surface area contributed by atoms with Gasteiger partial charge in [-0.1, -0.05) is 0 Å². The van der Waals surface area contributed by atoms with Crippen LogP contribution in [0.2, 0.25) is 0 Å². The van der Waals surface area contributed by atoms with Gasteiger partial charge >= 0.3 is 5.97 Å². The maximum atomic E-state index is 13.1. The summed E-state index contributed by atoms with van der Waals surface area (Å²) in [4.78, 5) is 14.7. The molecule has 2 aromatic rings. The van der Waals surface area contributed by atoms with Gasteiger partial charge in [-0.25, -0.2) is 13.2 Å². The van der Waals surface area contributed by atoms with Crippen LogP contribution in [-0.2, 0) is 14.6 Å². The van der Waals surface area contributed by atoms with Crippen molar-refractivity contribution in [2.24, 2.45) is 0 Å². The number of rotatable bonds is 5. The Kier molecular flexibility index (Phi) is 6.08. The van der Waals surface area contributed by atoms with Crippen molar-refractivity contribution in [3.05, 3.63) is 35.7 Å². The summed E-state index contributed by atoms with van der Waals surface area (Å²) in [6.45, 7) is 4.95. The number of aromatic nitrogens is 1. The first kappa shape index (κ1) is 21.7. The molecule has 1 saturated heterocycles. The van der Waals surface area contributed by atoms with Crippen molar-refractivity contribution in [2.45, 2.75) is 43.3 Å². The summed E-state index contributed by atoms with van der Waals surface area (Å²) in [5.74, 6) is -0.745. The summed E-state index contributed by atoms with van der Waals surface area (Å²) in [7, 11) is -2.47. The van der Waals surface area contributed by atoms with Gasteiger partial charge in [0.25, 0.3) is 0 Å². The molecule has 1 aromatic carbocycles. The van der Waals surface area contributed by atoms with Crippen LogP contribution in [0, 0.1) is 11.3 Å². The minimum Gasteiger partial charge on any atom is -0.464 e. The molecular formula is C21H26N4O4S. The van der Waals surface area contributed by atoms with E-state index < -0.39 is 21.1 Å². The first-order valence-corrected chi connectivity index (χ1v) is 11.4. The highest BCUT2D eigenvalue weighted by Gasteiger charge is 2.29. The fraction of sp³-hybridized carbons (Fsp3) is 0.429. The van der Waals surface area contributed by atoms with Crippen LogP contribution in [-0.4, -0.2) is 44.4 Å². The van der Waals surface area contributed by atoms with Gasteiger partial charge in [0.15, 0.2) is 15.5 Å². The molecule has 0 aliphatic carbocycles. The minimum absolute atomic E-state index is 0.0411. The average molecular weight is 431 g/mol. The second-order valence-electron chi connectivity index (χ2n) is 7.57. The maximum absolute atomic E-state index is 13.1. The lowest BCUT2D eigenvalue weighted by Gasteiger charge is -2.29. The molecule has 2 N–H and O–H groups in total. The Labute approximate surface area is 176 Å². The average Bonchev–Trinajstić information content (AvgIpc) is 3.09. The van der Waals surface area contributed by atoms with Gasteiger partial charge in [0.1, 0.15) is 6.07 Å². The van der Waals surface area contributed by atoms with E-state index >= 15 is 0 Å². The van der Waals surface area contributed by atoms with Gasteiger partial charge in [0.05, 0.1) is 34.2 Å². The Morgan fingerprint density at radius 3 is 2.47 bits per heavy atom. The molecule has 8 nitrogen and oxygen atoms in total. The molecule has 160 valence electrons. The van der Waals surface area contributed by atoms with E-state index in [4.69, 9.17) is 10.5 Å². The standard InChI is InChI=1S/C21H26N4O4S/c1-14(2)30(27,28)18-8-7-16(24-9-5-4-6-10-24)11-17(18)25-13-15(12-22)19(23)20(25)21(26)29-3/h7-8,11,13-14H,4-6,9-10,23H2,1-3H3. The van der Waals surface area contributed by atoms with E-state index in [-0.39, 0.29) is 27.5 Å². The predicted octanol–water partition coefficient (Wildman–Crippen LogP) is 2.89. The van der Waals surface area contributed by atoms with E-state index in [1.165, 1.54) is 17.9 Å². The summed E-state index contributed by atoms with van der Waals surface area (Å²) >= 11 is 0. The zero-order chi connectivity index (χ0) is 22.1. The molecule has 30 heavy (non-hydrogen) atoms. The Bertz CT molecular complexity index is 1110. The third kappa shape index (κ3) is 3.75. The quantitative estimate of drug-likeness (QED) is 0.725. The molecule has 2 heterocycles. The van der Waals surface area contributed by atoms with Crippen molar-refractivity contribution in [1.82, 2.24) is 4.57 Å². The molecule has 0 spiro atoms. The van der Waals surface area contributed by atoms with Gasteiger partial charge in [-0.3, -0.25) is 0 Å². The lowest BCUT2D eigenvalue weighted by molar-refractivity contribution is 0.0593. The molecule has 0 unspecified atom stereocenters. The summed E-state index contributed by atoms with van der Waals surface area (Å²) in [5.41, 5.74) is 7.13. The van der Waals surface area contributed by atoms with Crippen LogP contribution in [0.15, 0.2) is 29.3 Å². The third-order valence-corrected chi connectivity index (χ3v) is 7.59. The Morgan fingerprint density at radius 2 is 1.90 bits per heavy atom. The molecule has 9 heteroatoms. The van der Waals surface area contributed by atoms with Crippen molar-refractivity contribution in [2.75, 3.05) is 30.8 Å². The number of anilines is 2. The number of carbonyl (C=O) groups is 1. The molecular weight excluding hydrogens is 404 g/mol. The largest absolute Gasteiger partial charge is 0.464 e. The van der Waals surface area contributed by atoms with Crippen LogP contribution in [0.4, 0.5) is 11.4 Å². The Balaban J connectivity index is 2.31. The molecule has 0 amide bonds. The number of hydrogen-bond acceptors (Lipinski definition) is 7. The van der Waals surface area contributed by atoms with Gasteiger partial charge in [-0.2, -0.15) is 5.26 Å². The lowest BCUT2D eigenvalue weighted by Crippen LogP contribution is -2.29. The van der Waals surface area contributed by atoms with Crippen LogP contribution in [0.5, 0.6) is 0 Å². The van der Waals surface area contributed by atoms with Crippen molar-refractivity contribution >= 4 is 27.2 Å². The van der Waals surface area contributed by atoms with Gasteiger partial charge in [0, 0.05) is 25.0 Å². The van der Waals surface area contributed by atoms with E-state index in [0.29, 0.717) is 0 Å². The number of carbonyl (C=O) groups excluding carboxylic acids is 1. The number of nitrogen functional groups attached to an aromatic ring is 1. The third-order valence-electron chi connectivity index (χ3n) is 5.39. The first-order valence-electron chi connectivity index (χ1n) is 9.84. The molecule has 0 atom stereocenters. The fourth-order valence-electron chi connectivity index (χ4n) is 3.64. The molecule has 1 aliphatic rings.